The molecular formula is C14H27N3O4. The fourth-order valence-electron chi connectivity index (χ4n) is 2.97. The Morgan fingerprint density at radius 2 is 2.05 bits per heavy atom. The second-order valence-corrected chi connectivity index (χ2v) is 6.14. The van der Waals surface area contributed by atoms with Crippen LogP contribution in [0.5, 0.6) is 0 Å². The number of hydrogen-bond donors (Lipinski definition) is 3. The Kier molecular flexibility index (Phi) is 5.58. The van der Waals surface area contributed by atoms with Crippen LogP contribution in [0.2, 0.25) is 0 Å². The van der Waals surface area contributed by atoms with E-state index in [4.69, 9.17) is 15.7 Å². The second kappa shape index (κ2) is 6.62. The van der Waals surface area contributed by atoms with E-state index < -0.39 is 17.1 Å². The van der Waals surface area contributed by atoms with Gasteiger partial charge in [-0.3, -0.25) is 4.79 Å². The first-order chi connectivity index (χ1) is 9.76. The molecule has 0 radical (unpaired) electrons. The normalized spacial score (nSPS) is 23.2. The van der Waals surface area contributed by atoms with Crippen LogP contribution in [0.1, 0.15) is 40.5 Å². The summed E-state index contributed by atoms with van der Waals surface area (Å²) in [5.74, 6) is -0.250. The molecule has 1 rings (SSSR count). The zero-order valence-corrected chi connectivity index (χ0v) is 13.3. The van der Waals surface area contributed by atoms with Crippen molar-refractivity contribution in [2.24, 2.45) is 16.3 Å². The largest absolute Gasteiger partial charge is 0.409 e. The summed E-state index contributed by atoms with van der Waals surface area (Å²) in [7, 11) is 0. The molecule has 0 aromatic rings. The standard InChI is InChI=1S/C14H27N3O4/c1-5-14(6-2,11(15)16-20)12(19)17-7-10(8-18)21-13(3,4)9-17/h10,18,20H,5-9H2,1-4H3,(H2,15,16). The Bertz CT molecular complexity index is 405. The van der Waals surface area contributed by atoms with Crippen molar-refractivity contribution in [3.05, 3.63) is 0 Å². The van der Waals surface area contributed by atoms with Crippen LogP contribution < -0.4 is 5.73 Å². The Balaban J connectivity index is 3.09. The molecule has 1 unspecified atom stereocenters. The minimum absolute atomic E-state index is 0.0673. The molecule has 4 N–H and O–H groups in total. The van der Waals surface area contributed by atoms with Gasteiger partial charge in [0.1, 0.15) is 5.41 Å². The minimum Gasteiger partial charge on any atom is -0.409 e. The van der Waals surface area contributed by atoms with Gasteiger partial charge < -0.3 is 25.7 Å². The lowest BCUT2D eigenvalue weighted by atomic mass is 9.79. The number of aliphatic hydroxyl groups is 1. The maximum Gasteiger partial charge on any atom is 0.236 e. The van der Waals surface area contributed by atoms with E-state index in [9.17, 15) is 9.90 Å². The maximum atomic E-state index is 12.9. The van der Waals surface area contributed by atoms with Crippen molar-refractivity contribution < 1.29 is 19.8 Å². The van der Waals surface area contributed by atoms with Crippen LogP contribution in [-0.4, -0.2) is 58.4 Å². The van der Waals surface area contributed by atoms with Crippen LogP contribution in [0.15, 0.2) is 5.16 Å². The number of oxime groups is 1. The van der Waals surface area contributed by atoms with Crippen molar-refractivity contribution in [1.29, 1.82) is 0 Å². The highest BCUT2D eigenvalue weighted by atomic mass is 16.5. The Labute approximate surface area is 125 Å². The zero-order chi connectivity index (χ0) is 16.3. The monoisotopic (exact) mass is 301 g/mol. The molecule has 1 fully saturated rings. The predicted octanol–water partition coefficient (Wildman–Crippen LogP) is 0.538. The van der Waals surface area contributed by atoms with Gasteiger partial charge in [0, 0.05) is 13.1 Å². The molecule has 1 atom stereocenters. The van der Waals surface area contributed by atoms with E-state index in [1.54, 1.807) is 4.90 Å². The molecule has 0 aromatic carbocycles. The van der Waals surface area contributed by atoms with E-state index in [2.05, 4.69) is 5.16 Å². The molecule has 1 saturated heterocycles. The van der Waals surface area contributed by atoms with Crippen molar-refractivity contribution in [3.8, 4) is 0 Å². The van der Waals surface area contributed by atoms with Crippen molar-refractivity contribution in [2.75, 3.05) is 19.7 Å². The van der Waals surface area contributed by atoms with Gasteiger partial charge >= 0.3 is 0 Å². The number of carbonyl (C=O) groups excluding carboxylic acids is 1. The van der Waals surface area contributed by atoms with Crippen LogP contribution in [0.3, 0.4) is 0 Å². The molecule has 0 bridgehead atoms. The van der Waals surface area contributed by atoms with Crippen LogP contribution in [-0.2, 0) is 9.53 Å². The first-order valence-electron chi connectivity index (χ1n) is 7.32. The highest BCUT2D eigenvalue weighted by Gasteiger charge is 2.46. The van der Waals surface area contributed by atoms with Gasteiger partial charge in [-0.05, 0) is 26.7 Å². The van der Waals surface area contributed by atoms with Crippen LogP contribution in [0.4, 0.5) is 0 Å². The zero-order valence-electron chi connectivity index (χ0n) is 13.3. The molecule has 1 aliphatic heterocycles. The molecule has 21 heavy (non-hydrogen) atoms. The summed E-state index contributed by atoms with van der Waals surface area (Å²) >= 11 is 0. The van der Waals surface area contributed by atoms with E-state index >= 15 is 0 Å². The lowest BCUT2D eigenvalue weighted by Gasteiger charge is -2.45. The maximum absolute atomic E-state index is 12.9. The molecule has 122 valence electrons. The summed E-state index contributed by atoms with van der Waals surface area (Å²) in [6.07, 6.45) is 0.469. The number of nitrogens with two attached hydrogens (primary N) is 1. The molecule has 1 amide bonds. The third-order valence-electron chi connectivity index (χ3n) is 4.19. The van der Waals surface area contributed by atoms with Gasteiger partial charge in [-0.2, -0.15) is 0 Å². The predicted molar refractivity (Wildman–Crippen MR) is 79.0 cm³/mol. The smallest absolute Gasteiger partial charge is 0.236 e. The van der Waals surface area contributed by atoms with Gasteiger partial charge in [0.25, 0.3) is 0 Å². The molecule has 0 aromatic heterocycles. The topological polar surface area (TPSA) is 108 Å². The van der Waals surface area contributed by atoms with Crippen molar-refractivity contribution in [3.63, 3.8) is 0 Å². The van der Waals surface area contributed by atoms with Gasteiger partial charge in [0.2, 0.25) is 5.91 Å². The van der Waals surface area contributed by atoms with Crippen molar-refractivity contribution >= 4 is 11.7 Å². The second-order valence-electron chi connectivity index (χ2n) is 6.14. The van der Waals surface area contributed by atoms with Crippen molar-refractivity contribution in [1.82, 2.24) is 4.90 Å². The Morgan fingerprint density at radius 3 is 2.48 bits per heavy atom. The molecule has 0 aliphatic carbocycles. The van der Waals surface area contributed by atoms with E-state index in [1.807, 2.05) is 27.7 Å². The molecule has 1 heterocycles. The number of amides is 1. The number of carbonyl (C=O) groups is 1. The lowest BCUT2D eigenvalue weighted by molar-refractivity contribution is -0.172. The van der Waals surface area contributed by atoms with E-state index in [-0.39, 0.29) is 18.3 Å². The lowest BCUT2D eigenvalue weighted by Crippen LogP contribution is -2.60. The summed E-state index contributed by atoms with van der Waals surface area (Å²) in [5, 5.41) is 21.4. The summed E-state index contributed by atoms with van der Waals surface area (Å²) in [6.45, 7) is 7.99. The summed E-state index contributed by atoms with van der Waals surface area (Å²) in [4.78, 5) is 14.6. The van der Waals surface area contributed by atoms with Gasteiger partial charge in [-0.25, -0.2) is 0 Å². The van der Waals surface area contributed by atoms with Gasteiger partial charge in [0.05, 0.1) is 18.3 Å². The van der Waals surface area contributed by atoms with Crippen LogP contribution >= 0.6 is 0 Å². The molecule has 7 nitrogen and oxygen atoms in total. The van der Waals surface area contributed by atoms with E-state index in [1.165, 1.54) is 0 Å². The number of morpholine rings is 1. The average Bonchev–Trinajstić information content (AvgIpc) is 2.46. The van der Waals surface area contributed by atoms with E-state index in [0.717, 1.165) is 0 Å². The molecule has 0 spiro atoms. The number of nitrogens with zero attached hydrogens (tertiary/aromatic N) is 2. The quantitative estimate of drug-likeness (QED) is 0.297. The number of amidine groups is 1. The fraction of sp³-hybridized carbons (Fsp3) is 0.857. The molecule has 0 saturated carbocycles. The number of hydrogen-bond acceptors (Lipinski definition) is 5. The first-order valence-corrected chi connectivity index (χ1v) is 7.32. The summed E-state index contributed by atoms with van der Waals surface area (Å²) in [5.41, 5.74) is 4.23. The van der Waals surface area contributed by atoms with Crippen LogP contribution in [0.25, 0.3) is 0 Å². The third kappa shape index (κ3) is 3.47. The number of ether oxygens (including phenoxy) is 1. The van der Waals surface area contributed by atoms with Gasteiger partial charge in [0.15, 0.2) is 5.84 Å². The van der Waals surface area contributed by atoms with Gasteiger partial charge in [-0.1, -0.05) is 19.0 Å². The highest BCUT2D eigenvalue weighted by molar-refractivity contribution is 6.06. The number of aliphatic hydroxyl groups excluding tert-OH is 1. The highest BCUT2D eigenvalue weighted by Crippen LogP contribution is 2.32. The van der Waals surface area contributed by atoms with Gasteiger partial charge in [-0.15, -0.1) is 0 Å². The van der Waals surface area contributed by atoms with Crippen molar-refractivity contribution in [2.45, 2.75) is 52.2 Å². The molecule has 7 heteroatoms. The first kappa shape index (κ1) is 17.7. The fourth-order valence-corrected chi connectivity index (χ4v) is 2.97. The third-order valence-corrected chi connectivity index (χ3v) is 4.19. The SMILES string of the molecule is CCC(CC)(C(=O)N1CC(CO)OC(C)(C)C1)C(N)=NO. The molecule has 1 aliphatic rings. The Morgan fingerprint density at radius 1 is 1.48 bits per heavy atom. The number of rotatable bonds is 5. The average molecular weight is 301 g/mol. The Hall–Kier alpha value is -1.34. The summed E-state index contributed by atoms with van der Waals surface area (Å²) < 4.78 is 5.72. The van der Waals surface area contributed by atoms with E-state index in [0.29, 0.717) is 25.9 Å². The van der Waals surface area contributed by atoms with Crippen LogP contribution in [0, 0.1) is 5.41 Å². The summed E-state index contributed by atoms with van der Waals surface area (Å²) in [6, 6.07) is 0. The molecular weight excluding hydrogens is 274 g/mol. The minimum atomic E-state index is -1.01.